The van der Waals surface area contributed by atoms with E-state index in [-0.39, 0.29) is 12.2 Å². The summed E-state index contributed by atoms with van der Waals surface area (Å²) in [6.07, 6.45) is 9.45. The van der Waals surface area contributed by atoms with Crippen molar-refractivity contribution in [2.75, 3.05) is 6.61 Å². The van der Waals surface area contributed by atoms with Gasteiger partial charge in [0.05, 0.1) is 18.3 Å². The molecule has 0 amide bonds. The lowest BCUT2D eigenvalue weighted by atomic mass is 9.97. The average molecular weight is 198 g/mol. The van der Waals surface area contributed by atoms with Crippen LogP contribution in [0.5, 0.6) is 0 Å². The van der Waals surface area contributed by atoms with Crippen LogP contribution in [0, 0.1) is 5.92 Å². The van der Waals surface area contributed by atoms with Gasteiger partial charge in [0.1, 0.15) is 0 Å². The van der Waals surface area contributed by atoms with E-state index in [2.05, 4.69) is 0 Å². The molecule has 1 aliphatic heterocycles. The molecular weight excluding hydrogens is 176 g/mol. The van der Waals surface area contributed by atoms with Gasteiger partial charge in [-0.15, -0.1) is 0 Å². The van der Waals surface area contributed by atoms with Crippen LogP contribution in [-0.4, -0.2) is 23.4 Å². The van der Waals surface area contributed by atoms with E-state index in [1.807, 2.05) is 6.92 Å². The summed E-state index contributed by atoms with van der Waals surface area (Å²) < 4.78 is 5.91. The zero-order valence-corrected chi connectivity index (χ0v) is 9.17. The van der Waals surface area contributed by atoms with Crippen molar-refractivity contribution in [1.82, 2.24) is 0 Å². The maximum Gasteiger partial charge on any atom is 0.0888 e. The second-order valence-electron chi connectivity index (χ2n) is 5.27. The van der Waals surface area contributed by atoms with Gasteiger partial charge in [-0.2, -0.15) is 0 Å². The number of hydrogen-bond acceptors (Lipinski definition) is 2. The Bertz CT molecular complexity index is 187. The van der Waals surface area contributed by atoms with Crippen LogP contribution in [0.15, 0.2) is 0 Å². The van der Waals surface area contributed by atoms with Crippen molar-refractivity contribution in [3.05, 3.63) is 0 Å². The standard InChI is InChI=1S/C12H22O2/c1-12(9-13)7-6-11(14-12)8-10-4-2-3-5-10/h10-11,13H,2-9H2,1H3. The first-order valence-electron chi connectivity index (χ1n) is 6.00. The lowest BCUT2D eigenvalue weighted by molar-refractivity contribution is -0.0664. The maximum absolute atomic E-state index is 9.18. The Morgan fingerprint density at radius 3 is 2.57 bits per heavy atom. The number of aliphatic hydroxyl groups excluding tert-OH is 1. The van der Waals surface area contributed by atoms with Crippen molar-refractivity contribution >= 4 is 0 Å². The van der Waals surface area contributed by atoms with Gasteiger partial charge in [-0.1, -0.05) is 25.7 Å². The molecule has 0 aromatic carbocycles. The summed E-state index contributed by atoms with van der Waals surface area (Å²) in [5.41, 5.74) is -0.233. The van der Waals surface area contributed by atoms with Gasteiger partial charge in [-0.25, -0.2) is 0 Å². The molecule has 2 unspecified atom stereocenters. The SMILES string of the molecule is CC1(CO)CCC(CC2CCCC2)O1. The lowest BCUT2D eigenvalue weighted by Crippen LogP contribution is -2.29. The highest BCUT2D eigenvalue weighted by atomic mass is 16.5. The van der Waals surface area contributed by atoms with E-state index in [0.717, 1.165) is 18.8 Å². The molecule has 2 fully saturated rings. The molecule has 2 atom stereocenters. The van der Waals surface area contributed by atoms with Crippen molar-refractivity contribution in [3.63, 3.8) is 0 Å². The Kier molecular flexibility index (Phi) is 3.13. The van der Waals surface area contributed by atoms with Gasteiger partial charge in [0.15, 0.2) is 0 Å². The van der Waals surface area contributed by atoms with Gasteiger partial charge in [-0.05, 0) is 32.1 Å². The summed E-state index contributed by atoms with van der Waals surface area (Å²) in [4.78, 5) is 0. The largest absolute Gasteiger partial charge is 0.393 e. The average Bonchev–Trinajstić information content (AvgIpc) is 2.78. The quantitative estimate of drug-likeness (QED) is 0.755. The van der Waals surface area contributed by atoms with Gasteiger partial charge in [-0.3, -0.25) is 0 Å². The molecule has 2 aliphatic rings. The summed E-state index contributed by atoms with van der Waals surface area (Å²) in [6.45, 7) is 2.20. The predicted octanol–water partition coefficient (Wildman–Crippen LogP) is 2.50. The second-order valence-corrected chi connectivity index (χ2v) is 5.27. The Balaban J connectivity index is 1.78. The van der Waals surface area contributed by atoms with Gasteiger partial charge in [0, 0.05) is 0 Å². The van der Waals surface area contributed by atoms with E-state index < -0.39 is 0 Å². The van der Waals surface area contributed by atoms with Crippen molar-refractivity contribution < 1.29 is 9.84 Å². The molecule has 1 aliphatic carbocycles. The third kappa shape index (κ3) is 2.29. The van der Waals surface area contributed by atoms with E-state index in [1.54, 1.807) is 0 Å². The van der Waals surface area contributed by atoms with Gasteiger partial charge in [0.2, 0.25) is 0 Å². The predicted molar refractivity (Wildman–Crippen MR) is 56.2 cm³/mol. The maximum atomic E-state index is 9.18. The van der Waals surface area contributed by atoms with Crippen molar-refractivity contribution in [1.29, 1.82) is 0 Å². The topological polar surface area (TPSA) is 29.5 Å². The number of hydrogen-bond donors (Lipinski definition) is 1. The molecule has 2 rings (SSSR count). The minimum absolute atomic E-state index is 0.175. The van der Waals surface area contributed by atoms with Crippen LogP contribution in [0.1, 0.15) is 51.9 Å². The Labute approximate surface area is 86.6 Å². The van der Waals surface area contributed by atoms with E-state index in [4.69, 9.17) is 4.74 Å². The molecule has 1 heterocycles. The molecule has 1 N–H and O–H groups in total. The Morgan fingerprint density at radius 1 is 1.29 bits per heavy atom. The van der Waals surface area contributed by atoms with Gasteiger partial charge >= 0.3 is 0 Å². The summed E-state index contributed by atoms with van der Waals surface area (Å²) in [5.74, 6) is 0.904. The van der Waals surface area contributed by atoms with Crippen molar-refractivity contribution in [3.8, 4) is 0 Å². The summed E-state index contributed by atoms with van der Waals surface area (Å²) >= 11 is 0. The van der Waals surface area contributed by atoms with Gasteiger partial charge in [0.25, 0.3) is 0 Å². The zero-order valence-electron chi connectivity index (χ0n) is 9.17. The molecular formula is C12H22O2. The minimum atomic E-state index is -0.233. The number of aliphatic hydroxyl groups is 1. The molecule has 2 heteroatoms. The Morgan fingerprint density at radius 2 is 2.00 bits per heavy atom. The third-order valence-corrected chi connectivity index (χ3v) is 3.85. The van der Waals surface area contributed by atoms with Crippen LogP contribution in [0.25, 0.3) is 0 Å². The molecule has 0 spiro atoms. The van der Waals surface area contributed by atoms with Crippen LogP contribution in [0.2, 0.25) is 0 Å². The molecule has 0 radical (unpaired) electrons. The van der Waals surface area contributed by atoms with Crippen LogP contribution < -0.4 is 0 Å². The molecule has 2 nitrogen and oxygen atoms in total. The Hall–Kier alpha value is -0.0800. The summed E-state index contributed by atoms with van der Waals surface area (Å²) in [6, 6.07) is 0. The first-order valence-corrected chi connectivity index (χ1v) is 6.00. The highest BCUT2D eigenvalue weighted by molar-refractivity contribution is 4.86. The summed E-state index contributed by atoms with van der Waals surface area (Å²) in [5, 5.41) is 9.18. The molecule has 0 aromatic rings. The fraction of sp³-hybridized carbons (Fsp3) is 1.00. The van der Waals surface area contributed by atoms with E-state index in [0.29, 0.717) is 6.10 Å². The van der Waals surface area contributed by atoms with Crippen LogP contribution >= 0.6 is 0 Å². The van der Waals surface area contributed by atoms with E-state index >= 15 is 0 Å². The lowest BCUT2D eigenvalue weighted by Gasteiger charge is -2.23. The molecule has 82 valence electrons. The van der Waals surface area contributed by atoms with Crippen LogP contribution in [-0.2, 0) is 4.74 Å². The fourth-order valence-corrected chi connectivity index (χ4v) is 2.89. The molecule has 1 saturated carbocycles. The van der Waals surface area contributed by atoms with Crippen molar-refractivity contribution in [2.24, 2.45) is 5.92 Å². The smallest absolute Gasteiger partial charge is 0.0888 e. The minimum Gasteiger partial charge on any atom is -0.393 e. The molecule has 14 heavy (non-hydrogen) atoms. The number of ether oxygens (including phenoxy) is 1. The fourth-order valence-electron chi connectivity index (χ4n) is 2.89. The second kappa shape index (κ2) is 4.19. The monoisotopic (exact) mass is 198 g/mol. The zero-order chi connectivity index (χ0) is 10.0. The van der Waals surface area contributed by atoms with Crippen LogP contribution in [0.4, 0.5) is 0 Å². The molecule has 1 saturated heterocycles. The molecule has 0 aromatic heterocycles. The highest BCUT2D eigenvalue weighted by Gasteiger charge is 2.36. The van der Waals surface area contributed by atoms with E-state index in [9.17, 15) is 5.11 Å². The first-order chi connectivity index (χ1) is 6.72. The normalized spacial score (nSPS) is 39.4. The van der Waals surface area contributed by atoms with Gasteiger partial charge < -0.3 is 9.84 Å². The highest BCUT2D eigenvalue weighted by Crippen LogP contribution is 2.36. The molecule has 0 bridgehead atoms. The first kappa shape index (κ1) is 10.4. The van der Waals surface area contributed by atoms with E-state index in [1.165, 1.54) is 32.1 Å². The van der Waals surface area contributed by atoms with Crippen LogP contribution in [0.3, 0.4) is 0 Å². The third-order valence-electron chi connectivity index (χ3n) is 3.85. The number of rotatable bonds is 3. The summed E-state index contributed by atoms with van der Waals surface area (Å²) in [7, 11) is 0. The van der Waals surface area contributed by atoms with Crippen molar-refractivity contribution in [2.45, 2.75) is 63.6 Å².